The van der Waals surface area contributed by atoms with Gasteiger partial charge < -0.3 is 15.4 Å². The molecule has 1 aliphatic rings. The fraction of sp³-hybridized carbons (Fsp3) is 1.00. The zero-order valence-electron chi connectivity index (χ0n) is 10.1. The van der Waals surface area contributed by atoms with Gasteiger partial charge in [-0.2, -0.15) is 0 Å². The summed E-state index contributed by atoms with van der Waals surface area (Å²) in [5.74, 6) is 0. The van der Waals surface area contributed by atoms with E-state index in [1.807, 2.05) is 0 Å². The van der Waals surface area contributed by atoms with Crippen LogP contribution in [0.1, 0.15) is 12.8 Å². The summed E-state index contributed by atoms with van der Waals surface area (Å²) >= 11 is 0. The van der Waals surface area contributed by atoms with Crippen molar-refractivity contribution in [2.24, 2.45) is 5.73 Å². The van der Waals surface area contributed by atoms with Crippen molar-refractivity contribution in [3.8, 4) is 0 Å². The molecule has 1 aliphatic heterocycles. The normalized spacial score (nSPS) is 20.0. The molecular formula is C11H25N3O. The van der Waals surface area contributed by atoms with Crippen molar-refractivity contribution in [1.82, 2.24) is 9.80 Å². The molecule has 0 aromatic rings. The molecule has 0 bridgehead atoms. The first-order valence-corrected chi connectivity index (χ1v) is 5.89. The topological polar surface area (TPSA) is 41.7 Å². The molecule has 1 atom stereocenters. The minimum atomic E-state index is 0.359. The number of methoxy groups -OCH3 is 1. The SMILES string of the molecule is COCC(CN)N(C)CCN1CCCC1. The average Bonchev–Trinajstić information content (AvgIpc) is 2.75. The molecule has 0 aromatic heterocycles. The molecule has 15 heavy (non-hydrogen) atoms. The molecule has 0 amide bonds. The number of nitrogens with two attached hydrogens (primary N) is 1. The first-order chi connectivity index (χ1) is 7.27. The highest BCUT2D eigenvalue weighted by molar-refractivity contribution is 4.72. The Bertz CT molecular complexity index is 160. The van der Waals surface area contributed by atoms with Crippen molar-refractivity contribution in [3.63, 3.8) is 0 Å². The third-order valence-corrected chi connectivity index (χ3v) is 3.22. The molecular weight excluding hydrogens is 190 g/mol. The maximum Gasteiger partial charge on any atom is 0.0630 e. The van der Waals surface area contributed by atoms with E-state index in [1.165, 1.54) is 25.9 Å². The Morgan fingerprint density at radius 3 is 2.60 bits per heavy atom. The van der Waals surface area contributed by atoms with Crippen LogP contribution in [0.15, 0.2) is 0 Å². The van der Waals surface area contributed by atoms with E-state index in [0.717, 1.165) is 19.7 Å². The number of hydrogen-bond acceptors (Lipinski definition) is 4. The van der Waals surface area contributed by atoms with Crippen LogP contribution in [0, 0.1) is 0 Å². The number of rotatable bonds is 7. The summed E-state index contributed by atoms with van der Waals surface area (Å²) in [5, 5.41) is 0. The Labute approximate surface area is 93.4 Å². The molecule has 1 heterocycles. The van der Waals surface area contributed by atoms with E-state index in [2.05, 4.69) is 16.8 Å². The van der Waals surface area contributed by atoms with Crippen molar-refractivity contribution in [3.05, 3.63) is 0 Å². The maximum absolute atomic E-state index is 5.71. The van der Waals surface area contributed by atoms with E-state index in [-0.39, 0.29) is 0 Å². The van der Waals surface area contributed by atoms with Crippen LogP contribution in [0.4, 0.5) is 0 Å². The van der Waals surface area contributed by atoms with Gasteiger partial charge in [0.15, 0.2) is 0 Å². The molecule has 1 saturated heterocycles. The maximum atomic E-state index is 5.71. The third kappa shape index (κ3) is 4.47. The van der Waals surface area contributed by atoms with Crippen LogP contribution in [-0.2, 0) is 4.74 Å². The predicted octanol–water partition coefficient (Wildman–Crippen LogP) is -0.0123. The van der Waals surface area contributed by atoms with Crippen LogP contribution in [0.25, 0.3) is 0 Å². The van der Waals surface area contributed by atoms with E-state index in [4.69, 9.17) is 10.5 Å². The summed E-state index contributed by atoms with van der Waals surface area (Å²) in [6.07, 6.45) is 2.73. The van der Waals surface area contributed by atoms with Gasteiger partial charge in [-0.15, -0.1) is 0 Å². The second-order valence-corrected chi connectivity index (χ2v) is 4.37. The molecule has 0 radical (unpaired) electrons. The average molecular weight is 215 g/mol. The van der Waals surface area contributed by atoms with Gasteiger partial charge >= 0.3 is 0 Å². The lowest BCUT2D eigenvalue weighted by atomic mass is 10.3. The molecule has 1 rings (SSSR count). The van der Waals surface area contributed by atoms with Crippen LogP contribution >= 0.6 is 0 Å². The Morgan fingerprint density at radius 1 is 1.40 bits per heavy atom. The Hall–Kier alpha value is -0.160. The Balaban J connectivity index is 2.17. The molecule has 90 valence electrons. The second kappa shape index (κ2) is 7.17. The van der Waals surface area contributed by atoms with Gasteiger partial charge in [-0.25, -0.2) is 0 Å². The number of ether oxygens (including phenoxy) is 1. The summed E-state index contributed by atoms with van der Waals surface area (Å²) in [6, 6.07) is 0.359. The third-order valence-electron chi connectivity index (χ3n) is 3.22. The number of likely N-dealkylation sites (tertiary alicyclic amines) is 1. The number of likely N-dealkylation sites (N-methyl/N-ethyl adjacent to an activating group) is 1. The Kier molecular flexibility index (Phi) is 6.17. The lowest BCUT2D eigenvalue weighted by molar-refractivity contribution is 0.104. The second-order valence-electron chi connectivity index (χ2n) is 4.37. The molecule has 4 heteroatoms. The summed E-state index contributed by atoms with van der Waals surface area (Å²) in [5.41, 5.74) is 5.71. The molecule has 0 aromatic carbocycles. The highest BCUT2D eigenvalue weighted by atomic mass is 16.5. The van der Waals surface area contributed by atoms with Crippen LogP contribution in [0.5, 0.6) is 0 Å². The van der Waals surface area contributed by atoms with Crippen molar-refractivity contribution in [2.75, 3.05) is 53.5 Å². The number of hydrogen-bond donors (Lipinski definition) is 1. The van der Waals surface area contributed by atoms with Crippen molar-refractivity contribution >= 4 is 0 Å². The quantitative estimate of drug-likeness (QED) is 0.648. The van der Waals surface area contributed by atoms with Crippen molar-refractivity contribution < 1.29 is 4.74 Å². The molecule has 1 unspecified atom stereocenters. The highest BCUT2D eigenvalue weighted by Gasteiger charge is 2.15. The molecule has 1 fully saturated rings. The lowest BCUT2D eigenvalue weighted by Crippen LogP contribution is -2.44. The Morgan fingerprint density at radius 2 is 2.07 bits per heavy atom. The predicted molar refractivity (Wildman–Crippen MR) is 63.0 cm³/mol. The molecule has 4 nitrogen and oxygen atoms in total. The summed E-state index contributed by atoms with van der Waals surface area (Å²) < 4.78 is 5.15. The van der Waals surface area contributed by atoms with E-state index >= 15 is 0 Å². The van der Waals surface area contributed by atoms with Gasteiger partial charge in [0.1, 0.15) is 0 Å². The summed E-state index contributed by atoms with van der Waals surface area (Å²) in [6.45, 7) is 6.19. The van der Waals surface area contributed by atoms with Gasteiger partial charge in [-0.05, 0) is 33.0 Å². The highest BCUT2D eigenvalue weighted by Crippen LogP contribution is 2.07. The van der Waals surface area contributed by atoms with Crippen molar-refractivity contribution in [2.45, 2.75) is 18.9 Å². The van der Waals surface area contributed by atoms with E-state index in [9.17, 15) is 0 Å². The van der Waals surface area contributed by atoms with Gasteiger partial charge in [0.05, 0.1) is 6.61 Å². The molecule has 0 saturated carbocycles. The fourth-order valence-corrected chi connectivity index (χ4v) is 2.06. The van der Waals surface area contributed by atoms with E-state index in [1.54, 1.807) is 7.11 Å². The van der Waals surface area contributed by atoms with E-state index in [0.29, 0.717) is 12.6 Å². The van der Waals surface area contributed by atoms with Crippen LogP contribution in [0.3, 0.4) is 0 Å². The molecule has 0 aliphatic carbocycles. The van der Waals surface area contributed by atoms with Crippen LogP contribution in [0.2, 0.25) is 0 Å². The standard InChI is InChI=1S/C11H25N3O/c1-13(11(9-12)10-15-2)7-8-14-5-3-4-6-14/h11H,3-10,12H2,1-2H3. The van der Waals surface area contributed by atoms with Crippen LogP contribution < -0.4 is 5.73 Å². The largest absolute Gasteiger partial charge is 0.383 e. The monoisotopic (exact) mass is 215 g/mol. The summed E-state index contributed by atoms with van der Waals surface area (Å²) in [4.78, 5) is 4.83. The van der Waals surface area contributed by atoms with Gasteiger partial charge in [0, 0.05) is 32.8 Å². The molecule has 2 N–H and O–H groups in total. The smallest absolute Gasteiger partial charge is 0.0630 e. The number of nitrogens with zero attached hydrogens (tertiary/aromatic N) is 2. The van der Waals surface area contributed by atoms with Crippen LogP contribution in [-0.4, -0.2) is 69.3 Å². The molecule has 0 spiro atoms. The van der Waals surface area contributed by atoms with Gasteiger partial charge in [0.2, 0.25) is 0 Å². The zero-order valence-corrected chi connectivity index (χ0v) is 10.1. The zero-order chi connectivity index (χ0) is 11.1. The first kappa shape index (κ1) is 12.9. The lowest BCUT2D eigenvalue weighted by Gasteiger charge is -2.28. The first-order valence-electron chi connectivity index (χ1n) is 5.89. The van der Waals surface area contributed by atoms with Gasteiger partial charge in [-0.3, -0.25) is 4.90 Å². The van der Waals surface area contributed by atoms with Gasteiger partial charge in [0.25, 0.3) is 0 Å². The minimum absolute atomic E-state index is 0.359. The van der Waals surface area contributed by atoms with E-state index < -0.39 is 0 Å². The van der Waals surface area contributed by atoms with Gasteiger partial charge in [-0.1, -0.05) is 0 Å². The fourth-order valence-electron chi connectivity index (χ4n) is 2.06. The minimum Gasteiger partial charge on any atom is -0.383 e. The van der Waals surface area contributed by atoms with Crippen molar-refractivity contribution in [1.29, 1.82) is 0 Å². The summed E-state index contributed by atoms with van der Waals surface area (Å²) in [7, 11) is 3.86.